The van der Waals surface area contributed by atoms with E-state index in [2.05, 4.69) is 43.2 Å². The van der Waals surface area contributed by atoms with Crippen LogP contribution in [0.5, 0.6) is 0 Å². The highest BCUT2D eigenvalue weighted by Gasteiger charge is 2.28. The van der Waals surface area contributed by atoms with E-state index in [0.29, 0.717) is 18.9 Å². The summed E-state index contributed by atoms with van der Waals surface area (Å²) in [7, 11) is 1.91. The molecule has 7 nitrogen and oxygen atoms in total. The highest BCUT2D eigenvalue weighted by atomic mass is 16.2. The highest BCUT2D eigenvalue weighted by Crippen LogP contribution is 2.32. The van der Waals surface area contributed by atoms with Gasteiger partial charge in [0.2, 0.25) is 5.91 Å². The molecule has 0 fully saturated rings. The van der Waals surface area contributed by atoms with Crippen LogP contribution in [0.3, 0.4) is 0 Å². The smallest absolute Gasteiger partial charge is 0.222 e. The summed E-state index contributed by atoms with van der Waals surface area (Å²) in [5.41, 5.74) is 6.42. The molecule has 5 rings (SSSR count). The Morgan fingerprint density at radius 3 is 2.78 bits per heavy atom. The van der Waals surface area contributed by atoms with Crippen LogP contribution in [-0.4, -0.2) is 41.9 Å². The second-order valence-electron chi connectivity index (χ2n) is 8.77. The number of carbonyl (C=O) groups excluding carboxylic acids is 1. The molecule has 0 unspecified atom stereocenters. The minimum atomic E-state index is 0.190. The number of benzene rings is 1. The summed E-state index contributed by atoms with van der Waals surface area (Å²) < 4.78 is 3.83. The molecule has 0 spiro atoms. The van der Waals surface area contributed by atoms with E-state index in [9.17, 15) is 4.79 Å². The summed E-state index contributed by atoms with van der Waals surface area (Å²) in [6, 6.07) is 8.35. The van der Waals surface area contributed by atoms with Crippen LogP contribution in [0.2, 0.25) is 0 Å². The van der Waals surface area contributed by atoms with Crippen LogP contribution in [0, 0.1) is 0 Å². The third kappa shape index (κ3) is 3.38. The van der Waals surface area contributed by atoms with Gasteiger partial charge in [0.15, 0.2) is 0 Å². The maximum atomic E-state index is 12.4. The molecule has 1 aromatic carbocycles. The lowest BCUT2D eigenvalue weighted by molar-refractivity contribution is -0.131. The van der Waals surface area contributed by atoms with Gasteiger partial charge in [-0.25, -0.2) is 4.68 Å². The van der Waals surface area contributed by atoms with Crippen molar-refractivity contribution in [2.75, 3.05) is 6.54 Å². The highest BCUT2D eigenvalue weighted by molar-refractivity contribution is 5.91. The SMILES string of the molecule is CCC(=O)N1CCc2c(C(C)C)nn(-c3cccc4cc(-c5cnn(C)c5)ncc34)c2C1. The number of fused-ring (bicyclic) bond motifs is 2. The first-order valence-corrected chi connectivity index (χ1v) is 11.2. The lowest BCUT2D eigenvalue weighted by Gasteiger charge is -2.28. The molecule has 3 aromatic heterocycles. The minimum absolute atomic E-state index is 0.190. The second kappa shape index (κ2) is 7.89. The molecule has 0 bridgehead atoms. The van der Waals surface area contributed by atoms with Crippen molar-refractivity contribution in [2.24, 2.45) is 7.05 Å². The quantitative estimate of drug-likeness (QED) is 0.488. The van der Waals surface area contributed by atoms with E-state index in [1.54, 1.807) is 4.68 Å². The van der Waals surface area contributed by atoms with Gasteiger partial charge >= 0.3 is 0 Å². The zero-order valence-electron chi connectivity index (χ0n) is 19.0. The van der Waals surface area contributed by atoms with Gasteiger partial charge < -0.3 is 4.90 Å². The molecule has 1 amide bonds. The van der Waals surface area contributed by atoms with Crippen molar-refractivity contribution in [3.8, 4) is 16.9 Å². The van der Waals surface area contributed by atoms with Gasteiger partial charge in [-0.2, -0.15) is 10.2 Å². The number of carbonyl (C=O) groups is 1. The Labute approximate surface area is 187 Å². The fourth-order valence-electron chi connectivity index (χ4n) is 4.60. The standard InChI is InChI=1S/C25H28N6O/c1-5-24(32)30-10-9-19-23(15-30)31(28-25(19)16(2)3)22-8-6-7-17-11-21(26-13-20(17)22)18-12-27-29(4)14-18/h6-8,11-14,16H,5,9-10,15H2,1-4H3. The van der Waals surface area contributed by atoms with Crippen molar-refractivity contribution in [3.63, 3.8) is 0 Å². The Morgan fingerprint density at radius 1 is 1.22 bits per heavy atom. The number of aromatic nitrogens is 5. The van der Waals surface area contributed by atoms with Gasteiger partial charge in [-0.3, -0.25) is 14.5 Å². The minimum Gasteiger partial charge on any atom is -0.336 e. The number of nitrogens with zero attached hydrogens (tertiary/aromatic N) is 6. The van der Waals surface area contributed by atoms with E-state index in [0.717, 1.165) is 52.1 Å². The van der Waals surface area contributed by atoms with Gasteiger partial charge in [0.25, 0.3) is 0 Å². The monoisotopic (exact) mass is 428 g/mol. The fourth-order valence-corrected chi connectivity index (χ4v) is 4.60. The Balaban J connectivity index is 1.64. The summed E-state index contributed by atoms with van der Waals surface area (Å²) in [6.45, 7) is 7.64. The number of hydrogen-bond acceptors (Lipinski definition) is 4. The maximum Gasteiger partial charge on any atom is 0.222 e. The second-order valence-corrected chi connectivity index (χ2v) is 8.77. The summed E-state index contributed by atoms with van der Waals surface area (Å²) in [5.74, 6) is 0.513. The van der Waals surface area contributed by atoms with E-state index in [4.69, 9.17) is 10.1 Å². The van der Waals surface area contributed by atoms with Crippen LogP contribution in [0.25, 0.3) is 27.7 Å². The van der Waals surface area contributed by atoms with Crippen LogP contribution in [0.1, 0.15) is 50.1 Å². The number of rotatable bonds is 4. The summed E-state index contributed by atoms with van der Waals surface area (Å²) in [5, 5.41) is 11.5. The topological polar surface area (TPSA) is 68.8 Å². The van der Waals surface area contributed by atoms with E-state index in [1.165, 1.54) is 5.56 Å². The lowest BCUT2D eigenvalue weighted by atomic mass is 9.98. The average Bonchev–Trinajstić information content (AvgIpc) is 3.41. The van der Waals surface area contributed by atoms with Crippen LogP contribution in [-0.2, 0) is 24.8 Å². The molecule has 32 heavy (non-hydrogen) atoms. The van der Waals surface area contributed by atoms with Crippen LogP contribution in [0.15, 0.2) is 42.9 Å². The molecule has 4 aromatic rings. The first kappa shape index (κ1) is 20.4. The van der Waals surface area contributed by atoms with Gasteiger partial charge in [-0.15, -0.1) is 0 Å². The van der Waals surface area contributed by atoms with Crippen molar-refractivity contribution in [2.45, 2.75) is 46.1 Å². The van der Waals surface area contributed by atoms with Gasteiger partial charge in [-0.1, -0.05) is 32.9 Å². The van der Waals surface area contributed by atoms with Crippen molar-refractivity contribution < 1.29 is 4.79 Å². The number of hydrogen-bond donors (Lipinski definition) is 0. The third-order valence-corrected chi connectivity index (χ3v) is 6.27. The largest absolute Gasteiger partial charge is 0.336 e. The number of pyridine rings is 1. The average molecular weight is 429 g/mol. The van der Waals surface area contributed by atoms with E-state index >= 15 is 0 Å². The number of amides is 1. The van der Waals surface area contributed by atoms with E-state index in [1.807, 2.05) is 42.1 Å². The Morgan fingerprint density at radius 2 is 2.06 bits per heavy atom. The summed E-state index contributed by atoms with van der Waals surface area (Å²) in [6.07, 6.45) is 7.10. The molecule has 1 aliphatic rings. The van der Waals surface area contributed by atoms with Crippen LogP contribution >= 0.6 is 0 Å². The van der Waals surface area contributed by atoms with Crippen LogP contribution in [0.4, 0.5) is 0 Å². The van der Waals surface area contributed by atoms with E-state index in [-0.39, 0.29) is 5.91 Å². The molecule has 0 saturated carbocycles. The van der Waals surface area contributed by atoms with Crippen molar-refractivity contribution in [1.29, 1.82) is 0 Å². The molecule has 0 radical (unpaired) electrons. The molecular formula is C25H28N6O. The Hall–Kier alpha value is -3.48. The first-order valence-electron chi connectivity index (χ1n) is 11.2. The Kier molecular flexibility index (Phi) is 5.04. The summed E-state index contributed by atoms with van der Waals surface area (Å²) in [4.78, 5) is 19.1. The molecule has 0 aliphatic carbocycles. The first-order chi connectivity index (χ1) is 15.5. The molecule has 7 heteroatoms. The molecular weight excluding hydrogens is 400 g/mol. The molecule has 0 atom stereocenters. The predicted molar refractivity (Wildman–Crippen MR) is 125 cm³/mol. The van der Waals surface area contributed by atoms with Gasteiger partial charge in [-0.05, 0) is 29.9 Å². The van der Waals surface area contributed by atoms with Crippen molar-refractivity contribution >= 4 is 16.7 Å². The predicted octanol–water partition coefficient (Wildman–Crippen LogP) is 4.24. The van der Waals surface area contributed by atoms with Gasteiger partial charge in [0.1, 0.15) is 0 Å². The van der Waals surface area contributed by atoms with Crippen LogP contribution < -0.4 is 0 Å². The van der Waals surface area contributed by atoms with Gasteiger partial charge in [0, 0.05) is 48.9 Å². The zero-order chi connectivity index (χ0) is 22.4. The van der Waals surface area contributed by atoms with Crippen molar-refractivity contribution in [3.05, 3.63) is 59.8 Å². The summed E-state index contributed by atoms with van der Waals surface area (Å²) >= 11 is 0. The molecule has 164 valence electrons. The van der Waals surface area contributed by atoms with E-state index < -0.39 is 0 Å². The molecule has 1 aliphatic heterocycles. The van der Waals surface area contributed by atoms with Crippen molar-refractivity contribution in [1.82, 2.24) is 29.4 Å². The number of aryl methyl sites for hydroxylation is 1. The zero-order valence-corrected chi connectivity index (χ0v) is 19.0. The fraction of sp³-hybridized carbons (Fsp3) is 0.360. The maximum absolute atomic E-state index is 12.4. The normalized spacial score (nSPS) is 13.7. The molecule has 0 N–H and O–H groups in total. The molecule has 4 heterocycles. The Bertz CT molecular complexity index is 1320. The lowest BCUT2D eigenvalue weighted by Crippen LogP contribution is -2.36. The third-order valence-electron chi connectivity index (χ3n) is 6.27. The molecule has 0 saturated heterocycles. The van der Waals surface area contributed by atoms with Gasteiger partial charge in [0.05, 0.1) is 35.5 Å².